The second-order valence-corrected chi connectivity index (χ2v) is 4.35. The summed E-state index contributed by atoms with van der Waals surface area (Å²) in [5, 5.41) is 12.1. The predicted octanol–water partition coefficient (Wildman–Crippen LogP) is 1.67. The van der Waals surface area contributed by atoms with Gasteiger partial charge in [0.1, 0.15) is 0 Å². The number of hydrogen-bond acceptors (Lipinski definition) is 3. The molecular weight excluding hydrogens is 204 g/mol. The number of carboxylic acid groups (broad SMARTS) is 1. The Hall–Kier alpha value is -1.42. The first kappa shape index (κ1) is 11.1. The Morgan fingerprint density at radius 2 is 2.38 bits per heavy atom. The van der Waals surface area contributed by atoms with Crippen LogP contribution in [0.3, 0.4) is 0 Å². The summed E-state index contributed by atoms with van der Waals surface area (Å²) in [5.74, 6) is -0.114. The van der Waals surface area contributed by atoms with Crippen LogP contribution in [-0.4, -0.2) is 22.1 Å². The maximum atomic E-state index is 10.6. The lowest BCUT2D eigenvalue weighted by atomic mass is 10.2. The molecule has 0 amide bonds. The van der Waals surface area contributed by atoms with Gasteiger partial charge in [-0.05, 0) is 37.8 Å². The van der Waals surface area contributed by atoms with Gasteiger partial charge in [0.05, 0.1) is 11.3 Å². The van der Waals surface area contributed by atoms with Crippen LogP contribution >= 0.6 is 0 Å². The lowest BCUT2D eigenvalue weighted by Crippen LogP contribution is -2.27. The van der Waals surface area contributed by atoms with E-state index in [0.29, 0.717) is 12.6 Å². The van der Waals surface area contributed by atoms with Gasteiger partial charge >= 0.3 is 5.97 Å². The Morgan fingerprint density at radius 1 is 1.62 bits per heavy atom. The van der Waals surface area contributed by atoms with E-state index in [9.17, 15) is 4.79 Å². The Kier molecular flexibility index (Phi) is 3.19. The van der Waals surface area contributed by atoms with Crippen LogP contribution in [0.25, 0.3) is 0 Å². The second-order valence-electron chi connectivity index (χ2n) is 4.35. The van der Waals surface area contributed by atoms with E-state index in [1.807, 2.05) is 0 Å². The number of hydrogen-bond donors (Lipinski definition) is 2. The minimum absolute atomic E-state index is 0.235. The number of aromatic nitrogens is 1. The highest BCUT2D eigenvalue weighted by Gasteiger charge is 2.27. The van der Waals surface area contributed by atoms with Gasteiger partial charge in [-0.1, -0.05) is 0 Å². The summed E-state index contributed by atoms with van der Waals surface area (Å²) in [6, 6.07) is 3.88. The third-order valence-electron chi connectivity index (χ3n) is 3.01. The summed E-state index contributed by atoms with van der Waals surface area (Å²) >= 11 is 0. The molecule has 1 aliphatic carbocycles. The van der Waals surface area contributed by atoms with Gasteiger partial charge in [0.2, 0.25) is 0 Å². The molecule has 2 N–H and O–H groups in total. The Bertz CT molecular complexity index is 371. The van der Waals surface area contributed by atoms with Crippen molar-refractivity contribution >= 4 is 5.97 Å². The molecule has 0 bridgehead atoms. The Balaban J connectivity index is 1.86. The Labute approximate surface area is 94.7 Å². The van der Waals surface area contributed by atoms with Crippen molar-refractivity contribution in [3.8, 4) is 0 Å². The highest BCUT2D eigenvalue weighted by Crippen LogP contribution is 2.32. The number of carbonyl (C=O) groups is 1. The molecule has 1 unspecified atom stereocenters. The van der Waals surface area contributed by atoms with Crippen molar-refractivity contribution in [2.75, 3.05) is 0 Å². The molecule has 16 heavy (non-hydrogen) atoms. The molecule has 0 radical (unpaired) electrons. The van der Waals surface area contributed by atoms with Gasteiger partial charge in [-0.3, -0.25) is 4.98 Å². The highest BCUT2D eigenvalue weighted by molar-refractivity contribution is 5.87. The molecule has 1 saturated carbocycles. The number of nitrogens with one attached hydrogen (secondary N) is 1. The van der Waals surface area contributed by atoms with Gasteiger partial charge in [0, 0.05) is 18.8 Å². The molecule has 1 aliphatic rings. The monoisotopic (exact) mass is 220 g/mol. The van der Waals surface area contributed by atoms with Gasteiger partial charge in [0.15, 0.2) is 0 Å². The largest absolute Gasteiger partial charge is 0.478 e. The summed E-state index contributed by atoms with van der Waals surface area (Å²) < 4.78 is 0. The quantitative estimate of drug-likeness (QED) is 0.792. The zero-order valence-electron chi connectivity index (χ0n) is 9.31. The molecule has 0 saturated heterocycles. The second kappa shape index (κ2) is 4.61. The zero-order chi connectivity index (χ0) is 11.5. The van der Waals surface area contributed by atoms with Crippen LogP contribution in [0.1, 0.15) is 35.8 Å². The van der Waals surface area contributed by atoms with E-state index in [2.05, 4.69) is 17.2 Å². The first-order chi connectivity index (χ1) is 7.66. The van der Waals surface area contributed by atoms with Crippen molar-refractivity contribution in [1.82, 2.24) is 10.3 Å². The van der Waals surface area contributed by atoms with Crippen LogP contribution in [0.4, 0.5) is 0 Å². The van der Waals surface area contributed by atoms with Gasteiger partial charge in [-0.15, -0.1) is 0 Å². The third-order valence-corrected chi connectivity index (χ3v) is 3.01. The highest BCUT2D eigenvalue weighted by atomic mass is 16.4. The molecule has 86 valence electrons. The standard InChI is InChI=1S/C12H16N2O2/c1-8(9-2-3-9)13-7-11-5-4-10(6-14-11)12(15)16/h4-6,8-9,13H,2-3,7H2,1H3,(H,15,16). The van der Waals surface area contributed by atoms with E-state index in [1.54, 1.807) is 12.1 Å². The minimum atomic E-state index is -0.932. The smallest absolute Gasteiger partial charge is 0.337 e. The number of nitrogens with zero attached hydrogens (tertiary/aromatic N) is 1. The van der Waals surface area contributed by atoms with Crippen LogP contribution in [-0.2, 0) is 6.54 Å². The van der Waals surface area contributed by atoms with Crippen molar-refractivity contribution in [2.24, 2.45) is 5.92 Å². The fraction of sp³-hybridized carbons (Fsp3) is 0.500. The summed E-state index contributed by atoms with van der Waals surface area (Å²) in [7, 11) is 0. The van der Waals surface area contributed by atoms with Gasteiger partial charge in [-0.2, -0.15) is 0 Å². The summed E-state index contributed by atoms with van der Waals surface area (Å²) in [5.41, 5.74) is 1.12. The molecule has 0 aromatic carbocycles. The van der Waals surface area contributed by atoms with Crippen LogP contribution in [0, 0.1) is 5.92 Å². The van der Waals surface area contributed by atoms with E-state index in [0.717, 1.165) is 11.6 Å². The molecule has 2 rings (SSSR count). The predicted molar refractivity (Wildman–Crippen MR) is 60.2 cm³/mol. The van der Waals surface area contributed by atoms with Crippen molar-refractivity contribution in [3.05, 3.63) is 29.6 Å². The Morgan fingerprint density at radius 3 is 2.88 bits per heavy atom. The van der Waals surface area contributed by atoms with Crippen LogP contribution in [0.2, 0.25) is 0 Å². The van der Waals surface area contributed by atoms with E-state index in [1.165, 1.54) is 19.0 Å². The lowest BCUT2D eigenvalue weighted by molar-refractivity contribution is 0.0696. The normalized spacial score (nSPS) is 17.1. The molecule has 0 aliphatic heterocycles. The number of rotatable bonds is 5. The molecular formula is C12H16N2O2. The van der Waals surface area contributed by atoms with E-state index in [-0.39, 0.29) is 5.56 Å². The first-order valence-electron chi connectivity index (χ1n) is 5.58. The topological polar surface area (TPSA) is 62.2 Å². The van der Waals surface area contributed by atoms with Crippen molar-refractivity contribution < 1.29 is 9.90 Å². The van der Waals surface area contributed by atoms with E-state index < -0.39 is 5.97 Å². The van der Waals surface area contributed by atoms with Crippen LogP contribution in [0.15, 0.2) is 18.3 Å². The fourth-order valence-electron chi connectivity index (χ4n) is 1.68. The average Bonchev–Trinajstić information content (AvgIpc) is 3.10. The fourth-order valence-corrected chi connectivity index (χ4v) is 1.68. The van der Waals surface area contributed by atoms with Crippen LogP contribution in [0.5, 0.6) is 0 Å². The van der Waals surface area contributed by atoms with Gasteiger partial charge in [-0.25, -0.2) is 4.79 Å². The van der Waals surface area contributed by atoms with E-state index in [4.69, 9.17) is 5.11 Å². The zero-order valence-corrected chi connectivity index (χ0v) is 9.31. The minimum Gasteiger partial charge on any atom is -0.478 e. The van der Waals surface area contributed by atoms with Crippen LogP contribution < -0.4 is 5.32 Å². The maximum absolute atomic E-state index is 10.6. The number of aromatic carboxylic acids is 1. The van der Waals surface area contributed by atoms with Gasteiger partial charge < -0.3 is 10.4 Å². The third kappa shape index (κ3) is 2.79. The summed E-state index contributed by atoms with van der Waals surface area (Å²) in [4.78, 5) is 14.7. The molecule has 1 aromatic heterocycles. The molecule has 1 atom stereocenters. The maximum Gasteiger partial charge on any atom is 0.337 e. The van der Waals surface area contributed by atoms with Gasteiger partial charge in [0.25, 0.3) is 0 Å². The van der Waals surface area contributed by atoms with Crippen molar-refractivity contribution in [3.63, 3.8) is 0 Å². The first-order valence-corrected chi connectivity index (χ1v) is 5.58. The number of pyridine rings is 1. The summed E-state index contributed by atoms with van der Waals surface area (Å²) in [6.45, 7) is 2.89. The molecule has 1 fully saturated rings. The van der Waals surface area contributed by atoms with E-state index >= 15 is 0 Å². The number of carboxylic acids is 1. The SMILES string of the molecule is CC(NCc1ccc(C(=O)O)cn1)C1CC1. The molecule has 1 heterocycles. The lowest BCUT2D eigenvalue weighted by Gasteiger charge is -2.11. The molecule has 4 nitrogen and oxygen atoms in total. The molecule has 1 aromatic rings. The summed E-state index contributed by atoms with van der Waals surface area (Å²) in [6.07, 6.45) is 4.04. The average molecular weight is 220 g/mol. The molecule has 4 heteroatoms. The molecule has 0 spiro atoms. The van der Waals surface area contributed by atoms with Crippen molar-refractivity contribution in [1.29, 1.82) is 0 Å². The van der Waals surface area contributed by atoms with Crippen molar-refractivity contribution in [2.45, 2.75) is 32.4 Å².